The molecule has 3 rings (SSSR count). The van der Waals surface area contributed by atoms with Gasteiger partial charge in [0.05, 0.1) is 18.2 Å². The molecule has 0 amide bonds. The van der Waals surface area contributed by atoms with E-state index in [2.05, 4.69) is 19.2 Å². The lowest BCUT2D eigenvalue weighted by atomic mass is 9.96. The summed E-state index contributed by atoms with van der Waals surface area (Å²) in [6.07, 6.45) is 4.51. The van der Waals surface area contributed by atoms with Gasteiger partial charge in [-0.15, -0.1) is 0 Å². The zero-order valence-electron chi connectivity index (χ0n) is 9.32. The summed E-state index contributed by atoms with van der Waals surface area (Å²) in [6.45, 7) is 4.44. The summed E-state index contributed by atoms with van der Waals surface area (Å²) in [5.74, 6) is 1.12. The van der Waals surface area contributed by atoms with Gasteiger partial charge in [-0.25, -0.2) is 0 Å². The van der Waals surface area contributed by atoms with E-state index in [-0.39, 0.29) is 5.54 Å². The van der Waals surface area contributed by atoms with Crippen LogP contribution >= 0.6 is 11.8 Å². The van der Waals surface area contributed by atoms with Gasteiger partial charge in [0.2, 0.25) is 0 Å². The van der Waals surface area contributed by atoms with Crippen molar-refractivity contribution in [2.24, 2.45) is 4.99 Å². The summed E-state index contributed by atoms with van der Waals surface area (Å²) in [7, 11) is 0. The fourth-order valence-electron chi connectivity index (χ4n) is 2.58. The number of amidine groups is 1. The van der Waals surface area contributed by atoms with Gasteiger partial charge < -0.3 is 10.1 Å². The average Bonchev–Trinajstić information content (AvgIpc) is 2.81. The van der Waals surface area contributed by atoms with Gasteiger partial charge in [-0.1, -0.05) is 11.8 Å². The van der Waals surface area contributed by atoms with Crippen molar-refractivity contribution in [2.45, 2.75) is 56.9 Å². The van der Waals surface area contributed by atoms with Gasteiger partial charge in [0, 0.05) is 11.3 Å². The average molecular weight is 226 g/mol. The second kappa shape index (κ2) is 3.39. The Labute approximate surface area is 95.1 Å². The van der Waals surface area contributed by atoms with Crippen LogP contribution in [0.15, 0.2) is 4.99 Å². The fourth-order valence-corrected chi connectivity index (χ4v) is 3.71. The Morgan fingerprint density at radius 3 is 2.87 bits per heavy atom. The topological polar surface area (TPSA) is 33.6 Å². The normalized spacial score (nSPS) is 44.9. The minimum absolute atomic E-state index is 0.210. The monoisotopic (exact) mass is 226 g/mol. The third-order valence-corrected chi connectivity index (χ3v) is 4.72. The predicted molar refractivity (Wildman–Crippen MR) is 63.4 cm³/mol. The number of ether oxygens (including phenoxy) is 1. The summed E-state index contributed by atoms with van der Waals surface area (Å²) in [6, 6.07) is 0.424. The first-order valence-electron chi connectivity index (χ1n) is 5.77. The Kier molecular flexibility index (Phi) is 2.25. The molecule has 0 saturated carbocycles. The SMILES string of the molecule is CC1(C)CSC(=NC2CC3CCC2O3)N1. The highest BCUT2D eigenvalue weighted by molar-refractivity contribution is 8.14. The molecule has 1 N–H and O–H groups in total. The standard InChI is InChI=1S/C11H18N2OS/c1-11(2)6-15-10(13-11)12-8-5-7-3-4-9(8)14-7/h7-9H,3-6H2,1-2H3,(H,12,13). The van der Waals surface area contributed by atoms with Crippen LogP contribution < -0.4 is 5.32 Å². The number of rotatable bonds is 1. The molecule has 0 aromatic carbocycles. The number of fused-ring (bicyclic) bond motifs is 2. The molecule has 0 aromatic rings. The summed E-state index contributed by atoms with van der Waals surface area (Å²) in [5.41, 5.74) is 0.210. The maximum atomic E-state index is 5.80. The Hall–Kier alpha value is -0.220. The number of hydrogen-bond donors (Lipinski definition) is 1. The quantitative estimate of drug-likeness (QED) is 0.740. The van der Waals surface area contributed by atoms with E-state index in [1.807, 2.05) is 11.8 Å². The molecule has 3 heterocycles. The van der Waals surface area contributed by atoms with Crippen LogP contribution in [0.5, 0.6) is 0 Å². The van der Waals surface area contributed by atoms with Gasteiger partial charge in [-0.2, -0.15) is 0 Å². The van der Waals surface area contributed by atoms with Gasteiger partial charge in [-0.05, 0) is 33.1 Å². The van der Waals surface area contributed by atoms with E-state index >= 15 is 0 Å². The van der Waals surface area contributed by atoms with E-state index in [0.29, 0.717) is 18.2 Å². The number of nitrogens with zero attached hydrogens (tertiary/aromatic N) is 1. The maximum Gasteiger partial charge on any atom is 0.157 e. The van der Waals surface area contributed by atoms with Crippen LogP contribution in [0.2, 0.25) is 0 Å². The second-order valence-corrected chi connectivity index (χ2v) is 6.37. The van der Waals surface area contributed by atoms with Gasteiger partial charge >= 0.3 is 0 Å². The summed E-state index contributed by atoms with van der Waals surface area (Å²) in [5, 5.41) is 4.60. The molecular weight excluding hydrogens is 208 g/mol. The molecule has 3 fully saturated rings. The van der Waals surface area contributed by atoms with Crippen molar-refractivity contribution < 1.29 is 4.74 Å². The molecule has 3 nitrogen and oxygen atoms in total. The molecule has 3 aliphatic rings. The lowest BCUT2D eigenvalue weighted by molar-refractivity contribution is 0.101. The minimum atomic E-state index is 0.210. The molecule has 3 aliphatic heterocycles. The summed E-state index contributed by atoms with van der Waals surface area (Å²) >= 11 is 1.85. The Morgan fingerprint density at radius 2 is 2.33 bits per heavy atom. The van der Waals surface area contributed by atoms with Crippen LogP contribution in [0, 0.1) is 0 Å². The highest BCUT2D eigenvalue weighted by Gasteiger charge is 2.41. The molecule has 0 aromatic heterocycles. The first-order valence-corrected chi connectivity index (χ1v) is 6.75. The zero-order valence-corrected chi connectivity index (χ0v) is 10.1. The smallest absolute Gasteiger partial charge is 0.157 e. The second-order valence-electron chi connectivity index (χ2n) is 5.41. The largest absolute Gasteiger partial charge is 0.373 e. The van der Waals surface area contributed by atoms with Gasteiger partial charge in [0.25, 0.3) is 0 Å². The molecule has 84 valence electrons. The Balaban J connectivity index is 1.68. The van der Waals surface area contributed by atoms with Crippen LogP contribution in [0.4, 0.5) is 0 Å². The van der Waals surface area contributed by atoms with E-state index in [4.69, 9.17) is 9.73 Å². The van der Waals surface area contributed by atoms with Crippen molar-refractivity contribution >= 4 is 16.9 Å². The Morgan fingerprint density at radius 1 is 1.47 bits per heavy atom. The third-order valence-electron chi connectivity index (χ3n) is 3.37. The summed E-state index contributed by atoms with van der Waals surface area (Å²) in [4.78, 5) is 4.80. The first kappa shape index (κ1) is 9.97. The van der Waals surface area contributed by atoms with Crippen LogP contribution in [-0.2, 0) is 4.74 Å². The Bertz CT molecular complexity index is 303. The van der Waals surface area contributed by atoms with E-state index in [0.717, 1.165) is 17.3 Å². The van der Waals surface area contributed by atoms with Crippen molar-refractivity contribution in [1.82, 2.24) is 5.32 Å². The molecule has 15 heavy (non-hydrogen) atoms. The molecule has 0 radical (unpaired) electrons. The fraction of sp³-hybridized carbons (Fsp3) is 0.909. The van der Waals surface area contributed by atoms with Gasteiger partial charge in [0.1, 0.15) is 0 Å². The lowest BCUT2D eigenvalue weighted by Crippen LogP contribution is -2.37. The van der Waals surface area contributed by atoms with Crippen molar-refractivity contribution in [1.29, 1.82) is 0 Å². The molecule has 0 aliphatic carbocycles. The molecule has 3 atom stereocenters. The predicted octanol–water partition coefficient (Wildman–Crippen LogP) is 1.78. The van der Waals surface area contributed by atoms with Crippen molar-refractivity contribution in [3.63, 3.8) is 0 Å². The van der Waals surface area contributed by atoms with Crippen molar-refractivity contribution in [3.8, 4) is 0 Å². The number of thioether (sulfide) groups is 1. The number of hydrogen-bond acceptors (Lipinski definition) is 3. The molecule has 0 spiro atoms. The van der Waals surface area contributed by atoms with Crippen LogP contribution in [0.1, 0.15) is 33.1 Å². The van der Waals surface area contributed by atoms with Gasteiger partial charge in [0.15, 0.2) is 5.17 Å². The zero-order chi connectivity index (χ0) is 10.5. The minimum Gasteiger partial charge on any atom is -0.373 e. The van der Waals surface area contributed by atoms with E-state index < -0.39 is 0 Å². The number of nitrogens with one attached hydrogen (secondary N) is 1. The summed E-state index contributed by atoms with van der Waals surface area (Å²) < 4.78 is 5.80. The molecule has 3 unspecified atom stereocenters. The van der Waals surface area contributed by atoms with E-state index in [9.17, 15) is 0 Å². The maximum absolute atomic E-state index is 5.80. The van der Waals surface area contributed by atoms with E-state index in [1.165, 1.54) is 12.8 Å². The van der Waals surface area contributed by atoms with Gasteiger partial charge in [-0.3, -0.25) is 4.99 Å². The van der Waals surface area contributed by atoms with Crippen LogP contribution in [0.25, 0.3) is 0 Å². The lowest BCUT2D eigenvalue weighted by Gasteiger charge is -2.18. The molecule has 4 heteroatoms. The molecular formula is C11H18N2OS. The first-order chi connectivity index (χ1) is 7.12. The van der Waals surface area contributed by atoms with E-state index in [1.54, 1.807) is 0 Å². The van der Waals surface area contributed by atoms with Crippen LogP contribution in [-0.4, -0.2) is 34.7 Å². The molecule has 2 bridgehead atoms. The third kappa shape index (κ3) is 1.89. The highest BCUT2D eigenvalue weighted by Crippen LogP contribution is 2.37. The number of aliphatic imine (C=N–C) groups is 1. The van der Waals surface area contributed by atoms with Crippen molar-refractivity contribution in [2.75, 3.05) is 5.75 Å². The molecule has 3 saturated heterocycles. The van der Waals surface area contributed by atoms with Crippen LogP contribution in [0.3, 0.4) is 0 Å². The van der Waals surface area contributed by atoms with Crippen molar-refractivity contribution in [3.05, 3.63) is 0 Å². The highest BCUT2D eigenvalue weighted by atomic mass is 32.2.